The van der Waals surface area contributed by atoms with Crippen LogP contribution in [0.2, 0.25) is 0 Å². The third-order valence-electron chi connectivity index (χ3n) is 2.25. The van der Waals surface area contributed by atoms with Crippen LogP contribution in [0.25, 0.3) is 0 Å². The highest BCUT2D eigenvalue weighted by atomic mass is 16.5. The lowest BCUT2D eigenvalue weighted by molar-refractivity contribution is -0.591. The molecular weight excluding hydrogens is 238 g/mol. The molecule has 1 saturated heterocycles. The Morgan fingerprint density at radius 3 is 2.94 bits per heavy atom. The minimum Gasteiger partial charge on any atom is -0.710 e. The van der Waals surface area contributed by atoms with E-state index >= 15 is 0 Å². The van der Waals surface area contributed by atoms with Gasteiger partial charge in [0.25, 0.3) is 5.91 Å². The second-order valence-electron chi connectivity index (χ2n) is 3.60. The molecule has 3 N–H and O–H groups in total. The van der Waals surface area contributed by atoms with E-state index in [0.717, 1.165) is 0 Å². The van der Waals surface area contributed by atoms with E-state index in [1.165, 1.54) is 12.3 Å². The van der Waals surface area contributed by atoms with E-state index in [1.807, 2.05) is 0 Å². The summed E-state index contributed by atoms with van der Waals surface area (Å²) >= 11 is 0. The van der Waals surface area contributed by atoms with E-state index in [9.17, 15) is 15.1 Å². The molecule has 0 radical (unpaired) electrons. The standard InChI is InChI=1S/C10H11N5O3/c1-6-11-9(16)8(10(17)12-6)14-13-7-4-2-3-5-15(7)18/h2-5,8-9,11,16H,1H2,(H,12,17). The third kappa shape index (κ3) is 2.43. The number of hydrogen-bond donors (Lipinski definition) is 3. The van der Waals surface area contributed by atoms with Crippen molar-refractivity contribution in [1.82, 2.24) is 10.6 Å². The maximum Gasteiger partial charge on any atom is 0.353 e. The van der Waals surface area contributed by atoms with Crippen LogP contribution in [-0.2, 0) is 4.79 Å². The van der Waals surface area contributed by atoms with Gasteiger partial charge in [-0.1, -0.05) is 17.8 Å². The van der Waals surface area contributed by atoms with Crippen LogP contribution in [0.5, 0.6) is 0 Å². The molecule has 1 amide bonds. The number of aliphatic hydroxyl groups excluding tert-OH is 1. The van der Waals surface area contributed by atoms with Crippen LogP contribution in [0.3, 0.4) is 0 Å². The number of nitrogens with one attached hydrogen (secondary N) is 2. The van der Waals surface area contributed by atoms with Gasteiger partial charge in [0.05, 0.1) is 17.1 Å². The SMILES string of the molecule is C=C1NC(=O)C(N=Nc2cccc[n+]2[O-])C(O)N1. The van der Waals surface area contributed by atoms with Gasteiger partial charge in [-0.25, -0.2) is 4.73 Å². The summed E-state index contributed by atoms with van der Waals surface area (Å²) in [5.41, 5.74) is 0. The van der Waals surface area contributed by atoms with E-state index in [0.29, 0.717) is 4.73 Å². The number of rotatable bonds is 2. The number of nitrogens with zero attached hydrogens (tertiary/aromatic N) is 3. The molecule has 18 heavy (non-hydrogen) atoms. The van der Waals surface area contributed by atoms with E-state index in [-0.39, 0.29) is 11.6 Å². The molecule has 2 atom stereocenters. The maximum absolute atomic E-state index is 11.5. The van der Waals surface area contributed by atoms with Crippen molar-refractivity contribution in [2.45, 2.75) is 12.3 Å². The van der Waals surface area contributed by atoms with Crippen LogP contribution >= 0.6 is 0 Å². The van der Waals surface area contributed by atoms with Gasteiger partial charge in [0.15, 0.2) is 6.23 Å². The number of carbonyl (C=O) groups excluding carboxylic acids is 1. The molecule has 1 aliphatic rings. The summed E-state index contributed by atoms with van der Waals surface area (Å²) in [4.78, 5) is 11.5. The summed E-state index contributed by atoms with van der Waals surface area (Å²) in [6, 6.07) is 3.46. The van der Waals surface area contributed by atoms with Crippen molar-refractivity contribution >= 4 is 11.7 Å². The van der Waals surface area contributed by atoms with Crippen LogP contribution in [0.1, 0.15) is 0 Å². The van der Waals surface area contributed by atoms with E-state index in [1.54, 1.807) is 12.1 Å². The highest BCUT2D eigenvalue weighted by molar-refractivity contribution is 5.84. The van der Waals surface area contributed by atoms with Crippen molar-refractivity contribution in [3.8, 4) is 0 Å². The Hall–Kier alpha value is -2.48. The Morgan fingerprint density at radius 2 is 2.28 bits per heavy atom. The fraction of sp³-hybridized carbons (Fsp3) is 0.200. The number of aliphatic hydroxyl groups is 1. The predicted molar refractivity (Wildman–Crippen MR) is 60.1 cm³/mol. The number of carbonyl (C=O) groups is 1. The molecule has 94 valence electrons. The van der Waals surface area contributed by atoms with Crippen molar-refractivity contribution in [3.05, 3.63) is 42.0 Å². The molecule has 2 unspecified atom stereocenters. The average Bonchev–Trinajstić information content (AvgIpc) is 2.30. The van der Waals surface area contributed by atoms with Gasteiger partial charge >= 0.3 is 5.82 Å². The molecule has 8 heteroatoms. The lowest BCUT2D eigenvalue weighted by atomic mass is 10.2. The summed E-state index contributed by atoms with van der Waals surface area (Å²) in [7, 11) is 0. The van der Waals surface area contributed by atoms with E-state index in [4.69, 9.17) is 0 Å². The van der Waals surface area contributed by atoms with Crippen molar-refractivity contribution in [2.24, 2.45) is 10.2 Å². The van der Waals surface area contributed by atoms with Crippen LogP contribution in [0.4, 0.5) is 5.82 Å². The van der Waals surface area contributed by atoms with Crippen LogP contribution in [-0.4, -0.2) is 23.3 Å². The molecule has 1 aliphatic heterocycles. The molecule has 1 aromatic heterocycles. The first kappa shape index (κ1) is 12.0. The highest BCUT2D eigenvalue weighted by Crippen LogP contribution is 2.10. The van der Waals surface area contributed by atoms with Gasteiger partial charge in [0, 0.05) is 6.07 Å². The normalized spacial score (nSPS) is 23.8. The van der Waals surface area contributed by atoms with Gasteiger partial charge in [-0.05, 0) is 6.07 Å². The Bertz CT molecular complexity index is 516. The lowest BCUT2D eigenvalue weighted by Crippen LogP contribution is -2.55. The van der Waals surface area contributed by atoms with Gasteiger partial charge in [-0.2, -0.15) is 0 Å². The Kier molecular flexibility index (Phi) is 3.20. The number of pyridine rings is 1. The van der Waals surface area contributed by atoms with Crippen molar-refractivity contribution < 1.29 is 14.6 Å². The maximum atomic E-state index is 11.5. The van der Waals surface area contributed by atoms with Crippen LogP contribution < -0.4 is 15.4 Å². The first-order valence-electron chi connectivity index (χ1n) is 5.11. The molecule has 0 aliphatic carbocycles. The summed E-state index contributed by atoms with van der Waals surface area (Å²) < 4.78 is 0.503. The predicted octanol–water partition coefficient (Wildman–Crippen LogP) is -0.719. The highest BCUT2D eigenvalue weighted by Gasteiger charge is 2.33. The zero-order valence-electron chi connectivity index (χ0n) is 9.28. The molecule has 0 saturated carbocycles. The second kappa shape index (κ2) is 4.80. The number of amides is 1. The summed E-state index contributed by atoms with van der Waals surface area (Å²) in [5.74, 6) is -0.317. The lowest BCUT2D eigenvalue weighted by Gasteiger charge is -2.25. The first-order chi connectivity index (χ1) is 8.58. The minimum absolute atomic E-state index is 0.0295. The Morgan fingerprint density at radius 1 is 1.50 bits per heavy atom. The van der Waals surface area contributed by atoms with Crippen LogP contribution in [0, 0.1) is 5.21 Å². The average molecular weight is 249 g/mol. The molecule has 1 fully saturated rings. The zero-order chi connectivity index (χ0) is 13.1. The molecule has 1 aromatic rings. The van der Waals surface area contributed by atoms with Crippen molar-refractivity contribution in [3.63, 3.8) is 0 Å². The summed E-state index contributed by atoms with van der Waals surface area (Å²) in [6.07, 6.45) is 0.0325. The summed E-state index contributed by atoms with van der Waals surface area (Å²) in [5, 5.41) is 33.0. The van der Waals surface area contributed by atoms with E-state index < -0.39 is 18.2 Å². The fourth-order valence-corrected chi connectivity index (χ4v) is 1.39. The number of hydrogen-bond acceptors (Lipinski definition) is 6. The van der Waals surface area contributed by atoms with Gasteiger partial charge in [-0.3, -0.25) is 4.79 Å². The molecular formula is C10H11N5O3. The third-order valence-corrected chi connectivity index (χ3v) is 2.25. The smallest absolute Gasteiger partial charge is 0.353 e. The van der Waals surface area contributed by atoms with Gasteiger partial charge < -0.3 is 20.9 Å². The molecule has 2 rings (SSSR count). The Balaban J connectivity index is 2.16. The quantitative estimate of drug-likeness (QED) is 0.364. The first-order valence-corrected chi connectivity index (χ1v) is 5.11. The summed E-state index contributed by atoms with van der Waals surface area (Å²) in [6.45, 7) is 3.45. The molecule has 0 spiro atoms. The van der Waals surface area contributed by atoms with Gasteiger partial charge in [0.1, 0.15) is 0 Å². The monoisotopic (exact) mass is 249 g/mol. The topological polar surface area (TPSA) is 113 Å². The van der Waals surface area contributed by atoms with Crippen molar-refractivity contribution in [2.75, 3.05) is 0 Å². The van der Waals surface area contributed by atoms with Crippen molar-refractivity contribution in [1.29, 1.82) is 0 Å². The molecule has 0 aromatic carbocycles. The number of aromatic nitrogens is 1. The van der Waals surface area contributed by atoms with E-state index in [2.05, 4.69) is 27.4 Å². The van der Waals surface area contributed by atoms with Crippen LogP contribution in [0.15, 0.2) is 47.0 Å². The van der Waals surface area contributed by atoms with Gasteiger partial charge in [0.2, 0.25) is 6.04 Å². The molecule has 2 heterocycles. The Labute approximate surface area is 102 Å². The largest absolute Gasteiger partial charge is 0.710 e. The zero-order valence-corrected chi connectivity index (χ0v) is 9.28. The van der Waals surface area contributed by atoms with Gasteiger partial charge in [-0.15, -0.1) is 0 Å². The molecule has 8 nitrogen and oxygen atoms in total. The number of azo groups is 1. The minimum atomic E-state index is -1.22. The fourth-order valence-electron chi connectivity index (χ4n) is 1.39. The molecule has 0 bridgehead atoms. The second-order valence-corrected chi connectivity index (χ2v) is 3.60.